The lowest BCUT2D eigenvalue weighted by molar-refractivity contribution is 0.252. The van der Waals surface area contributed by atoms with Gasteiger partial charge in [-0.15, -0.1) is 0 Å². The molecule has 0 N–H and O–H groups in total. The van der Waals surface area contributed by atoms with Gasteiger partial charge < -0.3 is 0 Å². The van der Waals surface area contributed by atoms with Gasteiger partial charge in [-0.05, 0) is 36.4 Å². The Kier molecular flexibility index (Phi) is 2.96. The van der Waals surface area contributed by atoms with Crippen molar-refractivity contribution in [3.8, 4) is 0 Å². The van der Waals surface area contributed by atoms with Crippen molar-refractivity contribution in [2.24, 2.45) is 0 Å². The van der Waals surface area contributed by atoms with E-state index in [1.165, 1.54) is 0 Å². The topological polar surface area (TPSA) is 49.3 Å². The normalized spacial score (nSPS) is 15.5. The number of rotatable bonds is 0. The maximum absolute atomic E-state index is 13.0. The summed E-state index contributed by atoms with van der Waals surface area (Å²) in [6, 6.07) is 7.49. The number of fused-ring (bicyclic) bond motifs is 2. The van der Waals surface area contributed by atoms with Crippen LogP contribution in [-0.4, -0.2) is 29.1 Å². The summed E-state index contributed by atoms with van der Waals surface area (Å²) in [5.74, 6) is 0. The van der Waals surface area contributed by atoms with Crippen LogP contribution in [-0.2, 0) is 0 Å². The van der Waals surface area contributed by atoms with Crippen LogP contribution in [0.2, 0.25) is 0 Å². The third kappa shape index (κ3) is 1.98. The number of hydrogen-bond acceptors (Lipinski definition) is 3. The summed E-state index contributed by atoms with van der Waals surface area (Å²) in [6.45, 7) is 1.10. The summed E-state index contributed by atoms with van der Waals surface area (Å²) < 4.78 is 0. The number of carbonyl (C=O) groups excluding carboxylic acids is 1. The number of amides is 2. The van der Waals surface area contributed by atoms with Gasteiger partial charge in [-0.25, -0.2) is 4.79 Å². The van der Waals surface area contributed by atoms with Crippen LogP contribution < -0.4 is 9.80 Å². The Morgan fingerprint density at radius 1 is 0.864 bits per heavy atom. The molecule has 2 aromatic rings. The maximum atomic E-state index is 13.0. The summed E-state index contributed by atoms with van der Waals surface area (Å²) in [7, 11) is 0. The van der Waals surface area contributed by atoms with Crippen molar-refractivity contribution in [3.63, 3.8) is 0 Å². The average molecular weight is 290 g/mol. The standard InChI is InChI=1S/C17H14N4O/c22-17(20-11-3-5-13-15(20)7-1-9-18-13)21-12-4-6-14-16(21)8-2-10-19-14/h1-10H,11-12H2. The number of pyridine rings is 2. The molecule has 4 heterocycles. The zero-order chi connectivity index (χ0) is 14.9. The minimum atomic E-state index is -0.0581. The second kappa shape index (κ2) is 5.11. The maximum Gasteiger partial charge on any atom is 0.329 e. The number of aromatic nitrogens is 2. The first-order valence-corrected chi connectivity index (χ1v) is 7.17. The van der Waals surface area contributed by atoms with E-state index in [2.05, 4.69) is 9.97 Å². The van der Waals surface area contributed by atoms with Crippen LogP contribution in [0.4, 0.5) is 16.2 Å². The van der Waals surface area contributed by atoms with Gasteiger partial charge in [0.15, 0.2) is 0 Å². The third-order valence-corrected chi connectivity index (χ3v) is 3.80. The Morgan fingerprint density at radius 2 is 1.36 bits per heavy atom. The van der Waals surface area contributed by atoms with Gasteiger partial charge >= 0.3 is 6.03 Å². The summed E-state index contributed by atoms with van der Waals surface area (Å²) in [4.78, 5) is 25.1. The molecule has 108 valence electrons. The van der Waals surface area contributed by atoms with Crippen molar-refractivity contribution in [2.45, 2.75) is 0 Å². The van der Waals surface area contributed by atoms with Gasteiger partial charge in [0.2, 0.25) is 0 Å². The molecular weight excluding hydrogens is 276 g/mol. The molecule has 2 aromatic heterocycles. The lowest BCUT2D eigenvalue weighted by Crippen LogP contribution is -2.45. The monoisotopic (exact) mass is 290 g/mol. The molecule has 0 saturated heterocycles. The first-order valence-electron chi connectivity index (χ1n) is 7.17. The average Bonchev–Trinajstić information content (AvgIpc) is 2.60. The zero-order valence-electron chi connectivity index (χ0n) is 11.9. The SMILES string of the molecule is O=C(N1CC=Cc2ncccc21)N1CC=Cc2ncccc21. The van der Waals surface area contributed by atoms with E-state index >= 15 is 0 Å². The van der Waals surface area contributed by atoms with Crippen LogP contribution in [0.3, 0.4) is 0 Å². The van der Waals surface area contributed by atoms with Gasteiger partial charge in [0.25, 0.3) is 0 Å². The highest BCUT2D eigenvalue weighted by atomic mass is 16.2. The molecule has 0 saturated carbocycles. The Morgan fingerprint density at radius 3 is 1.86 bits per heavy atom. The number of hydrogen-bond donors (Lipinski definition) is 0. The minimum absolute atomic E-state index is 0.0581. The molecule has 2 amide bonds. The quantitative estimate of drug-likeness (QED) is 0.749. The Balaban J connectivity index is 1.72. The predicted octanol–water partition coefficient (Wildman–Crippen LogP) is 2.96. The van der Waals surface area contributed by atoms with Crippen molar-refractivity contribution in [2.75, 3.05) is 22.9 Å². The van der Waals surface area contributed by atoms with Crippen molar-refractivity contribution < 1.29 is 4.79 Å². The highest BCUT2D eigenvalue weighted by molar-refractivity contribution is 6.06. The molecule has 0 radical (unpaired) electrons. The van der Waals surface area contributed by atoms with E-state index in [0.717, 1.165) is 22.8 Å². The van der Waals surface area contributed by atoms with Crippen molar-refractivity contribution in [3.05, 3.63) is 60.2 Å². The molecule has 0 spiro atoms. The predicted molar refractivity (Wildman–Crippen MR) is 86.6 cm³/mol. The molecule has 4 rings (SSSR count). The van der Waals surface area contributed by atoms with E-state index in [4.69, 9.17) is 0 Å². The molecule has 22 heavy (non-hydrogen) atoms. The second-order valence-electron chi connectivity index (χ2n) is 5.12. The molecule has 5 nitrogen and oxygen atoms in total. The second-order valence-corrected chi connectivity index (χ2v) is 5.12. The van der Waals surface area contributed by atoms with Crippen LogP contribution in [0, 0.1) is 0 Å². The van der Waals surface area contributed by atoms with E-state index < -0.39 is 0 Å². The molecule has 0 aliphatic carbocycles. The summed E-state index contributed by atoms with van der Waals surface area (Å²) >= 11 is 0. The fraction of sp³-hybridized carbons (Fsp3) is 0.118. The van der Waals surface area contributed by atoms with Gasteiger partial charge in [-0.2, -0.15) is 0 Å². The van der Waals surface area contributed by atoms with Crippen LogP contribution in [0.25, 0.3) is 12.2 Å². The number of urea groups is 1. The summed E-state index contributed by atoms with van der Waals surface area (Å²) in [5.41, 5.74) is 3.33. The Bertz CT molecular complexity index is 731. The van der Waals surface area contributed by atoms with E-state index in [1.807, 2.05) is 48.6 Å². The Labute approximate surface area is 128 Å². The largest absolute Gasteiger partial charge is 0.329 e. The highest BCUT2D eigenvalue weighted by Crippen LogP contribution is 2.29. The molecule has 5 heteroatoms. The van der Waals surface area contributed by atoms with Crippen LogP contribution in [0.5, 0.6) is 0 Å². The molecule has 2 aliphatic rings. The van der Waals surface area contributed by atoms with E-state index in [-0.39, 0.29) is 6.03 Å². The van der Waals surface area contributed by atoms with Crippen molar-refractivity contribution >= 4 is 29.6 Å². The molecule has 0 aromatic carbocycles. The van der Waals surface area contributed by atoms with E-state index in [1.54, 1.807) is 22.2 Å². The first kappa shape index (κ1) is 12.8. The van der Waals surface area contributed by atoms with Gasteiger partial charge in [-0.1, -0.05) is 12.2 Å². The van der Waals surface area contributed by atoms with Crippen LogP contribution >= 0.6 is 0 Å². The first-order chi connectivity index (χ1) is 10.8. The molecule has 2 aliphatic heterocycles. The van der Waals surface area contributed by atoms with Crippen LogP contribution in [0.1, 0.15) is 11.4 Å². The highest BCUT2D eigenvalue weighted by Gasteiger charge is 2.28. The number of carbonyl (C=O) groups is 1. The molecular formula is C17H14N4O. The molecule has 0 bridgehead atoms. The molecule has 0 atom stereocenters. The lowest BCUT2D eigenvalue weighted by Gasteiger charge is -2.33. The van der Waals surface area contributed by atoms with E-state index in [0.29, 0.717) is 13.1 Å². The molecule has 0 fully saturated rings. The minimum Gasteiger partial charge on any atom is -0.288 e. The fourth-order valence-corrected chi connectivity index (χ4v) is 2.78. The summed E-state index contributed by atoms with van der Waals surface area (Å²) in [6.07, 6.45) is 11.3. The van der Waals surface area contributed by atoms with Gasteiger partial charge in [0.05, 0.1) is 22.8 Å². The third-order valence-electron chi connectivity index (χ3n) is 3.80. The summed E-state index contributed by atoms with van der Waals surface area (Å²) in [5, 5.41) is 0. The Hall–Kier alpha value is -2.95. The van der Waals surface area contributed by atoms with Gasteiger partial charge in [0, 0.05) is 25.5 Å². The number of nitrogens with zero attached hydrogens (tertiary/aromatic N) is 4. The van der Waals surface area contributed by atoms with Gasteiger partial charge in [-0.3, -0.25) is 19.8 Å². The lowest BCUT2D eigenvalue weighted by atomic mass is 10.1. The number of anilines is 2. The van der Waals surface area contributed by atoms with E-state index in [9.17, 15) is 4.79 Å². The molecule has 0 unspecified atom stereocenters. The smallest absolute Gasteiger partial charge is 0.288 e. The van der Waals surface area contributed by atoms with Crippen molar-refractivity contribution in [1.29, 1.82) is 0 Å². The van der Waals surface area contributed by atoms with Gasteiger partial charge in [0.1, 0.15) is 0 Å². The fourth-order valence-electron chi connectivity index (χ4n) is 2.78. The zero-order valence-corrected chi connectivity index (χ0v) is 11.9. The van der Waals surface area contributed by atoms with Crippen LogP contribution in [0.15, 0.2) is 48.8 Å². The van der Waals surface area contributed by atoms with Crippen molar-refractivity contribution in [1.82, 2.24) is 9.97 Å².